The number of benzene rings is 1. The number of aromatic carboxylic acids is 1. The number of methoxy groups -OCH3 is 1. The van der Waals surface area contributed by atoms with E-state index in [1.807, 2.05) is 13.0 Å². The Hall–Kier alpha value is -1.71. The van der Waals surface area contributed by atoms with Crippen LogP contribution in [-0.4, -0.2) is 30.3 Å². The van der Waals surface area contributed by atoms with Crippen molar-refractivity contribution in [1.29, 1.82) is 0 Å². The Morgan fingerprint density at radius 3 is 2.11 bits per heavy atom. The van der Waals surface area contributed by atoms with Gasteiger partial charge in [0.2, 0.25) is 0 Å². The summed E-state index contributed by atoms with van der Waals surface area (Å²) in [5, 5.41) is 9.18. The molecule has 0 fully saturated rings. The average Bonchev–Trinajstić information content (AvgIpc) is 2.29. The molecule has 106 valence electrons. The fourth-order valence-electron chi connectivity index (χ4n) is 2.55. The second-order valence-corrected chi connectivity index (χ2v) is 5.19. The molecular formula is C15H23NO3. The lowest BCUT2D eigenvalue weighted by molar-refractivity contribution is 0.0693. The van der Waals surface area contributed by atoms with E-state index in [-0.39, 0.29) is 5.56 Å². The molecule has 0 radical (unpaired) electrons. The van der Waals surface area contributed by atoms with Gasteiger partial charge in [-0.05, 0) is 46.8 Å². The molecule has 0 aliphatic rings. The Bertz CT molecular complexity index is 459. The number of carboxylic acid groups (broad SMARTS) is 1. The number of hydrogen-bond donors (Lipinski definition) is 1. The molecule has 0 saturated carbocycles. The smallest absolute Gasteiger partial charge is 0.339 e. The van der Waals surface area contributed by atoms with Crippen LogP contribution in [0.15, 0.2) is 12.1 Å². The van der Waals surface area contributed by atoms with E-state index in [0.717, 1.165) is 11.3 Å². The van der Waals surface area contributed by atoms with Crippen molar-refractivity contribution in [2.75, 3.05) is 12.0 Å². The van der Waals surface area contributed by atoms with E-state index < -0.39 is 5.97 Å². The maximum absolute atomic E-state index is 11.2. The molecule has 0 unspecified atom stereocenters. The summed E-state index contributed by atoms with van der Waals surface area (Å²) < 4.78 is 5.28. The van der Waals surface area contributed by atoms with Crippen LogP contribution in [0, 0.1) is 6.92 Å². The van der Waals surface area contributed by atoms with Crippen molar-refractivity contribution >= 4 is 11.7 Å². The largest absolute Gasteiger partial charge is 0.495 e. The number of hydrogen-bond acceptors (Lipinski definition) is 3. The minimum Gasteiger partial charge on any atom is -0.495 e. The summed E-state index contributed by atoms with van der Waals surface area (Å²) in [6.07, 6.45) is 0. The van der Waals surface area contributed by atoms with Gasteiger partial charge in [-0.1, -0.05) is 0 Å². The third-order valence-corrected chi connectivity index (χ3v) is 3.20. The van der Waals surface area contributed by atoms with Crippen molar-refractivity contribution in [2.24, 2.45) is 0 Å². The quantitative estimate of drug-likeness (QED) is 0.887. The third kappa shape index (κ3) is 3.00. The van der Waals surface area contributed by atoms with Gasteiger partial charge in [-0.3, -0.25) is 0 Å². The minimum absolute atomic E-state index is 0.205. The summed E-state index contributed by atoms with van der Waals surface area (Å²) in [7, 11) is 1.51. The highest BCUT2D eigenvalue weighted by Crippen LogP contribution is 2.34. The molecule has 0 spiro atoms. The Kier molecular flexibility index (Phi) is 4.81. The molecular weight excluding hydrogens is 242 g/mol. The minimum atomic E-state index is -0.966. The molecule has 0 atom stereocenters. The Balaban J connectivity index is 3.42. The van der Waals surface area contributed by atoms with Gasteiger partial charge in [0.25, 0.3) is 0 Å². The number of nitrogens with zero attached hydrogens (tertiary/aromatic N) is 1. The second-order valence-electron chi connectivity index (χ2n) is 5.19. The van der Waals surface area contributed by atoms with Gasteiger partial charge in [0.15, 0.2) is 0 Å². The Labute approximate surface area is 115 Å². The van der Waals surface area contributed by atoms with Crippen molar-refractivity contribution in [2.45, 2.75) is 46.7 Å². The van der Waals surface area contributed by atoms with Crippen LogP contribution in [0.3, 0.4) is 0 Å². The van der Waals surface area contributed by atoms with Crippen LogP contribution in [0.4, 0.5) is 5.69 Å². The van der Waals surface area contributed by atoms with Crippen molar-refractivity contribution < 1.29 is 14.6 Å². The molecule has 0 aliphatic heterocycles. The molecule has 0 amide bonds. The predicted molar refractivity (Wildman–Crippen MR) is 77.4 cm³/mol. The SMILES string of the molecule is COc1c(C(=O)O)ccc(N(C(C)C)C(C)C)c1C. The van der Waals surface area contributed by atoms with Gasteiger partial charge < -0.3 is 14.7 Å². The van der Waals surface area contributed by atoms with Crippen molar-refractivity contribution in [1.82, 2.24) is 0 Å². The van der Waals surface area contributed by atoms with E-state index >= 15 is 0 Å². The lowest BCUT2D eigenvalue weighted by atomic mass is 10.0. The summed E-state index contributed by atoms with van der Waals surface area (Å²) in [5.41, 5.74) is 2.09. The first-order valence-electron chi connectivity index (χ1n) is 6.50. The molecule has 1 rings (SSSR count). The van der Waals surface area contributed by atoms with E-state index in [0.29, 0.717) is 17.8 Å². The summed E-state index contributed by atoms with van der Waals surface area (Å²) in [4.78, 5) is 13.4. The van der Waals surface area contributed by atoms with Crippen LogP contribution in [0.1, 0.15) is 43.6 Å². The van der Waals surface area contributed by atoms with Gasteiger partial charge in [-0.15, -0.1) is 0 Å². The monoisotopic (exact) mass is 265 g/mol. The van der Waals surface area contributed by atoms with Gasteiger partial charge in [0, 0.05) is 23.3 Å². The van der Waals surface area contributed by atoms with Crippen molar-refractivity contribution in [3.63, 3.8) is 0 Å². The number of carbonyl (C=O) groups is 1. The number of carboxylic acids is 1. The van der Waals surface area contributed by atoms with Gasteiger partial charge in [0.1, 0.15) is 11.3 Å². The molecule has 1 aromatic carbocycles. The van der Waals surface area contributed by atoms with E-state index in [4.69, 9.17) is 4.74 Å². The molecule has 0 heterocycles. The van der Waals surface area contributed by atoms with Crippen molar-refractivity contribution in [3.05, 3.63) is 23.3 Å². The third-order valence-electron chi connectivity index (χ3n) is 3.20. The first kappa shape index (κ1) is 15.3. The highest BCUT2D eigenvalue weighted by molar-refractivity contribution is 5.92. The number of anilines is 1. The van der Waals surface area contributed by atoms with E-state index in [2.05, 4.69) is 32.6 Å². The first-order valence-corrected chi connectivity index (χ1v) is 6.50. The van der Waals surface area contributed by atoms with Gasteiger partial charge >= 0.3 is 5.97 Å². The molecule has 0 bridgehead atoms. The zero-order valence-electron chi connectivity index (χ0n) is 12.5. The lowest BCUT2D eigenvalue weighted by Gasteiger charge is -2.34. The fourth-order valence-corrected chi connectivity index (χ4v) is 2.55. The van der Waals surface area contributed by atoms with Crippen LogP contribution >= 0.6 is 0 Å². The predicted octanol–water partition coefficient (Wildman–Crippen LogP) is 3.33. The normalized spacial score (nSPS) is 10.9. The molecule has 1 N–H and O–H groups in total. The summed E-state index contributed by atoms with van der Waals surface area (Å²) in [6, 6.07) is 4.14. The molecule has 1 aromatic rings. The Morgan fingerprint density at radius 1 is 1.21 bits per heavy atom. The van der Waals surface area contributed by atoms with E-state index in [1.165, 1.54) is 7.11 Å². The zero-order valence-corrected chi connectivity index (χ0v) is 12.5. The van der Waals surface area contributed by atoms with E-state index in [9.17, 15) is 9.90 Å². The molecule has 4 nitrogen and oxygen atoms in total. The second kappa shape index (κ2) is 5.95. The summed E-state index contributed by atoms with van der Waals surface area (Å²) >= 11 is 0. The maximum atomic E-state index is 11.2. The van der Waals surface area contributed by atoms with Crippen LogP contribution in [-0.2, 0) is 0 Å². The highest BCUT2D eigenvalue weighted by Gasteiger charge is 2.21. The maximum Gasteiger partial charge on any atom is 0.339 e. The lowest BCUT2D eigenvalue weighted by Crippen LogP contribution is -2.37. The van der Waals surface area contributed by atoms with Crippen LogP contribution in [0.5, 0.6) is 5.75 Å². The number of ether oxygens (including phenoxy) is 1. The van der Waals surface area contributed by atoms with Crippen LogP contribution in [0.25, 0.3) is 0 Å². The molecule has 0 aromatic heterocycles. The first-order chi connectivity index (χ1) is 8.81. The topological polar surface area (TPSA) is 49.8 Å². The average molecular weight is 265 g/mol. The van der Waals surface area contributed by atoms with Gasteiger partial charge in [0.05, 0.1) is 7.11 Å². The van der Waals surface area contributed by atoms with Crippen LogP contribution < -0.4 is 9.64 Å². The molecule has 0 aliphatic carbocycles. The zero-order chi connectivity index (χ0) is 14.7. The van der Waals surface area contributed by atoms with E-state index in [1.54, 1.807) is 6.07 Å². The fraction of sp³-hybridized carbons (Fsp3) is 0.533. The van der Waals surface area contributed by atoms with Crippen molar-refractivity contribution in [3.8, 4) is 5.75 Å². The molecule has 19 heavy (non-hydrogen) atoms. The Morgan fingerprint density at radius 2 is 1.74 bits per heavy atom. The molecule has 4 heteroatoms. The summed E-state index contributed by atoms with van der Waals surface area (Å²) in [5.74, 6) is -0.525. The van der Waals surface area contributed by atoms with Gasteiger partial charge in [-0.2, -0.15) is 0 Å². The number of rotatable bonds is 5. The van der Waals surface area contributed by atoms with Gasteiger partial charge in [-0.25, -0.2) is 4.79 Å². The summed E-state index contributed by atoms with van der Waals surface area (Å²) in [6.45, 7) is 10.4. The standard InChI is InChI=1S/C15H23NO3/c1-9(2)16(10(3)4)13-8-7-12(15(17)18)14(19-6)11(13)5/h7-10H,1-6H3,(H,17,18). The van der Waals surface area contributed by atoms with Crippen LogP contribution in [0.2, 0.25) is 0 Å². The molecule has 0 saturated heterocycles. The highest BCUT2D eigenvalue weighted by atomic mass is 16.5.